The Kier molecular flexibility index (Phi) is 3.12. The van der Waals surface area contributed by atoms with Crippen molar-refractivity contribution in [3.05, 3.63) is 23.3 Å². The molecule has 62 valence electrons. The molecule has 0 fully saturated rings. The van der Waals surface area contributed by atoms with Crippen molar-refractivity contribution in [3.8, 4) is 0 Å². The topological polar surface area (TPSA) is 0 Å². The van der Waals surface area contributed by atoms with E-state index in [4.69, 9.17) is 0 Å². The smallest absolute Gasteiger partial charge is 0.0300 e. The van der Waals surface area contributed by atoms with Gasteiger partial charge in [-0.1, -0.05) is 38.1 Å². The molecule has 1 aliphatic rings. The molecule has 0 radical (unpaired) electrons. The van der Waals surface area contributed by atoms with Gasteiger partial charge < -0.3 is 0 Å². The fourth-order valence-corrected chi connectivity index (χ4v) is 3.36. The first-order valence-corrected chi connectivity index (χ1v) is 6.96. The summed E-state index contributed by atoms with van der Waals surface area (Å²) in [5.74, 6) is 0. The molecule has 0 N–H and O–H groups in total. The first-order chi connectivity index (χ1) is 5.33. The van der Waals surface area contributed by atoms with E-state index in [1.807, 2.05) is 0 Å². The lowest BCUT2D eigenvalue weighted by atomic mass is 10.1. The van der Waals surface area contributed by atoms with Gasteiger partial charge in [0.25, 0.3) is 0 Å². The van der Waals surface area contributed by atoms with Crippen LogP contribution in [-0.2, 0) is 0 Å². The highest BCUT2D eigenvalue weighted by Gasteiger charge is 2.15. The fraction of sp³-hybridized carbons (Fsp3) is 0.600. The molecule has 0 amide bonds. The maximum Gasteiger partial charge on any atom is 0.0300 e. The summed E-state index contributed by atoms with van der Waals surface area (Å²) in [6.45, 7) is 6.95. The van der Waals surface area contributed by atoms with Gasteiger partial charge in [-0.05, 0) is 24.0 Å². The Balaban J connectivity index is 2.77. The predicted molar refractivity (Wildman–Crippen MR) is 54.9 cm³/mol. The van der Waals surface area contributed by atoms with Crippen LogP contribution < -0.4 is 0 Å². The van der Waals surface area contributed by atoms with Gasteiger partial charge in [-0.15, -0.1) is 0 Å². The number of allylic oxidation sites excluding steroid dienone is 4. The van der Waals surface area contributed by atoms with Gasteiger partial charge in [-0.3, -0.25) is 0 Å². The minimum absolute atomic E-state index is 0.146. The Bertz CT molecular complexity index is 189. The lowest BCUT2D eigenvalue weighted by Crippen LogP contribution is -1.97. The van der Waals surface area contributed by atoms with Crippen molar-refractivity contribution in [2.75, 3.05) is 0 Å². The molecule has 1 rings (SSSR count). The van der Waals surface area contributed by atoms with E-state index in [0.29, 0.717) is 0 Å². The van der Waals surface area contributed by atoms with E-state index < -0.39 is 0 Å². The zero-order valence-electron chi connectivity index (χ0n) is 7.85. The molecule has 0 saturated heterocycles. The largest absolute Gasteiger partial charge is 0.0805 e. The lowest BCUT2D eigenvalue weighted by Gasteiger charge is -2.10. The van der Waals surface area contributed by atoms with Crippen molar-refractivity contribution >= 4 is 9.52 Å². The standard InChI is InChI=1S/C10H18Si/c1-4-8-6-7-10(11-3)9(8)5-2/h6-7,10H,4-5,11H2,1-3H3. The van der Waals surface area contributed by atoms with Gasteiger partial charge in [-0.2, -0.15) is 0 Å². The third-order valence-corrected chi connectivity index (χ3v) is 4.24. The van der Waals surface area contributed by atoms with E-state index in [0.717, 1.165) is 5.54 Å². The molecule has 11 heavy (non-hydrogen) atoms. The highest BCUT2D eigenvalue weighted by Crippen LogP contribution is 2.33. The van der Waals surface area contributed by atoms with Crippen LogP contribution in [0.15, 0.2) is 23.3 Å². The summed E-state index contributed by atoms with van der Waals surface area (Å²) in [5.41, 5.74) is 4.25. The van der Waals surface area contributed by atoms with Crippen LogP contribution in [0.25, 0.3) is 0 Å². The Morgan fingerprint density at radius 2 is 2.09 bits per heavy atom. The molecule has 0 aromatic carbocycles. The molecule has 0 aliphatic heterocycles. The zero-order valence-corrected chi connectivity index (χ0v) is 9.27. The number of hydrogen-bond donors (Lipinski definition) is 0. The Morgan fingerprint density at radius 3 is 2.55 bits per heavy atom. The van der Waals surface area contributed by atoms with Crippen molar-refractivity contribution in [1.29, 1.82) is 0 Å². The van der Waals surface area contributed by atoms with Crippen LogP contribution in [-0.4, -0.2) is 9.52 Å². The second-order valence-corrected chi connectivity index (χ2v) is 4.83. The van der Waals surface area contributed by atoms with Gasteiger partial charge in [0, 0.05) is 9.52 Å². The van der Waals surface area contributed by atoms with Crippen LogP contribution >= 0.6 is 0 Å². The van der Waals surface area contributed by atoms with Crippen LogP contribution in [0.4, 0.5) is 0 Å². The van der Waals surface area contributed by atoms with Crippen molar-refractivity contribution in [1.82, 2.24) is 0 Å². The van der Waals surface area contributed by atoms with Gasteiger partial charge in [0.2, 0.25) is 0 Å². The summed E-state index contributed by atoms with van der Waals surface area (Å²) < 4.78 is 0. The summed E-state index contributed by atoms with van der Waals surface area (Å²) in [6, 6.07) is 0. The summed E-state index contributed by atoms with van der Waals surface area (Å²) in [7, 11) is 0.146. The molecule has 0 heterocycles. The molecule has 0 nitrogen and oxygen atoms in total. The minimum atomic E-state index is 0.146. The quantitative estimate of drug-likeness (QED) is 0.566. The van der Waals surface area contributed by atoms with E-state index >= 15 is 0 Å². The van der Waals surface area contributed by atoms with Crippen LogP contribution in [0.5, 0.6) is 0 Å². The molecule has 0 aromatic heterocycles. The molecule has 1 unspecified atom stereocenters. The van der Waals surface area contributed by atoms with Crippen molar-refractivity contribution in [3.63, 3.8) is 0 Å². The number of hydrogen-bond acceptors (Lipinski definition) is 0. The van der Waals surface area contributed by atoms with Crippen molar-refractivity contribution in [2.45, 2.75) is 38.8 Å². The van der Waals surface area contributed by atoms with Crippen molar-refractivity contribution in [2.24, 2.45) is 0 Å². The lowest BCUT2D eigenvalue weighted by molar-refractivity contribution is 0.990. The van der Waals surface area contributed by atoms with Gasteiger partial charge in [0.1, 0.15) is 0 Å². The first kappa shape index (κ1) is 8.79. The third-order valence-electron chi connectivity index (χ3n) is 2.59. The summed E-state index contributed by atoms with van der Waals surface area (Å²) in [4.78, 5) is 0. The first-order valence-electron chi connectivity index (χ1n) is 4.73. The predicted octanol–water partition coefficient (Wildman–Crippen LogP) is 2.68. The van der Waals surface area contributed by atoms with E-state index in [1.54, 1.807) is 11.1 Å². The van der Waals surface area contributed by atoms with E-state index in [1.165, 1.54) is 12.8 Å². The molecule has 0 aromatic rings. The second-order valence-electron chi connectivity index (χ2n) is 3.13. The van der Waals surface area contributed by atoms with Gasteiger partial charge >= 0.3 is 0 Å². The summed E-state index contributed by atoms with van der Waals surface area (Å²) in [5, 5.41) is 0. The average Bonchev–Trinajstić information content (AvgIpc) is 2.45. The highest BCUT2D eigenvalue weighted by molar-refractivity contribution is 6.38. The zero-order chi connectivity index (χ0) is 8.27. The third kappa shape index (κ3) is 1.64. The molecule has 1 heteroatoms. The molecule has 0 saturated carbocycles. The van der Waals surface area contributed by atoms with E-state index in [9.17, 15) is 0 Å². The molecule has 0 spiro atoms. The van der Waals surface area contributed by atoms with Crippen LogP contribution in [0.2, 0.25) is 12.1 Å². The van der Waals surface area contributed by atoms with E-state index in [2.05, 4.69) is 32.5 Å². The fourth-order valence-electron chi connectivity index (χ4n) is 1.91. The highest BCUT2D eigenvalue weighted by atomic mass is 28.2. The van der Waals surface area contributed by atoms with Gasteiger partial charge in [0.15, 0.2) is 0 Å². The maximum atomic E-state index is 2.42. The average molecular weight is 166 g/mol. The summed E-state index contributed by atoms with van der Waals surface area (Å²) >= 11 is 0. The normalized spacial score (nSPS) is 24.5. The molecule has 0 bridgehead atoms. The Morgan fingerprint density at radius 1 is 1.36 bits per heavy atom. The monoisotopic (exact) mass is 166 g/mol. The second kappa shape index (κ2) is 3.91. The molecular formula is C10H18Si. The molecule has 1 atom stereocenters. The van der Waals surface area contributed by atoms with Crippen molar-refractivity contribution < 1.29 is 0 Å². The molecular weight excluding hydrogens is 148 g/mol. The van der Waals surface area contributed by atoms with E-state index in [-0.39, 0.29) is 9.52 Å². The maximum absolute atomic E-state index is 2.42. The minimum Gasteiger partial charge on any atom is -0.0805 e. The number of rotatable bonds is 3. The van der Waals surface area contributed by atoms with Crippen LogP contribution in [0.1, 0.15) is 26.7 Å². The Labute approximate surface area is 72.2 Å². The SMILES string of the molecule is CCC1=C(CC)C([SiH2]C)C=C1. The van der Waals surface area contributed by atoms with Gasteiger partial charge in [0.05, 0.1) is 0 Å². The Hall–Kier alpha value is -0.303. The summed E-state index contributed by atoms with van der Waals surface area (Å²) in [6.07, 6.45) is 7.26. The van der Waals surface area contributed by atoms with Crippen LogP contribution in [0.3, 0.4) is 0 Å². The molecule has 1 aliphatic carbocycles. The van der Waals surface area contributed by atoms with Gasteiger partial charge in [-0.25, -0.2) is 0 Å². The van der Waals surface area contributed by atoms with Crippen LogP contribution in [0, 0.1) is 0 Å².